The molecule has 0 aromatic heterocycles. The smallest absolute Gasteiger partial charge is 0.238 e. The maximum atomic E-state index is 11.0. The molecule has 0 aliphatic rings. The van der Waals surface area contributed by atoms with Gasteiger partial charge in [0.15, 0.2) is 0 Å². The van der Waals surface area contributed by atoms with Crippen molar-refractivity contribution in [2.75, 3.05) is 18.3 Å². The first-order valence-electron chi connectivity index (χ1n) is 6.71. The molecule has 0 atom stereocenters. The van der Waals surface area contributed by atoms with Crippen molar-refractivity contribution in [3.8, 4) is 0 Å². The molecule has 2 rings (SSSR count). The van der Waals surface area contributed by atoms with Crippen molar-refractivity contribution in [2.45, 2.75) is 6.61 Å². The Balaban J connectivity index is 1.71. The Morgan fingerprint density at radius 2 is 1.71 bits per heavy atom. The molecule has 2 aromatic carbocycles. The SMILES string of the molecule is [CH2]c1ccc(N(C=O)OCCOCc2ccccc2)cc1. The number of hydrogen-bond acceptors (Lipinski definition) is 3. The summed E-state index contributed by atoms with van der Waals surface area (Å²) in [7, 11) is 0. The first kappa shape index (κ1) is 15.2. The van der Waals surface area contributed by atoms with Crippen LogP contribution in [-0.4, -0.2) is 19.6 Å². The third kappa shape index (κ3) is 5.02. The molecule has 1 radical (unpaired) electrons. The van der Waals surface area contributed by atoms with Crippen molar-refractivity contribution < 1.29 is 14.4 Å². The van der Waals surface area contributed by atoms with E-state index in [1.807, 2.05) is 42.5 Å². The van der Waals surface area contributed by atoms with Crippen LogP contribution in [-0.2, 0) is 21.0 Å². The second-order valence-corrected chi connectivity index (χ2v) is 4.47. The fourth-order valence-corrected chi connectivity index (χ4v) is 1.77. The van der Waals surface area contributed by atoms with Crippen LogP contribution in [0.15, 0.2) is 54.6 Å². The molecule has 0 spiro atoms. The average Bonchev–Trinajstić information content (AvgIpc) is 2.53. The standard InChI is InChI=1S/C17H18NO3/c1-15-7-9-17(10-8-15)18(14-19)21-12-11-20-13-16-5-3-2-4-6-16/h2-10,14H,1,11-13H2. The predicted octanol–water partition coefficient (Wildman–Crippen LogP) is 2.98. The summed E-state index contributed by atoms with van der Waals surface area (Å²) >= 11 is 0. The average molecular weight is 284 g/mol. The number of hydrogen-bond donors (Lipinski definition) is 0. The molecular formula is C17H18NO3. The molecule has 0 aliphatic carbocycles. The van der Waals surface area contributed by atoms with Gasteiger partial charge in [-0.25, -0.2) is 0 Å². The van der Waals surface area contributed by atoms with Gasteiger partial charge in [-0.15, -0.1) is 0 Å². The lowest BCUT2D eigenvalue weighted by Gasteiger charge is -2.17. The van der Waals surface area contributed by atoms with Crippen LogP contribution in [0.3, 0.4) is 0 Å². The highest BCUT2D eigenvalue weighted by molar-refractivity contribution is 5.72. The molecule has 0 aliphatic heterocycles. The zero-order chi connectivity index (χ0) is 14.9. The minimum absolute atomic E-state index is 0.303. The predicted molar refractivity (Wildman–Crippen MR) is 81.5 cm³/mol. The third-order valence-corrected chi connectivity index (χ3v) is 2.86. The van der Waals surface area contributed by atoms with Gasteiger partial charge in [0.1, 0.15) is 0 Å². The highest BCUT2D eigenvalue weighted by atomic mass is 16.7. The Bertz CT molecular complexity index is 540. The van der Waals surface area contributed by atoms with Crippen LogP contribution in [0.1, 0.15) is 11.1 Å². The van der Waals surface area contributed by atoms with E-state index in [-0.39, 0.29) is 0 Å². The number of hydroxylamine groups is 1. The van der Waals surface area contributed by atoms with Gasteiger partial charge in [-0.3, -0.25) is 9.63 Å². The normalized spacial score (nSPS) is 10.3. The minimum atomic E-state index is 0.303. The number of carbonyl (C=O) groups excluding carboxylic acids is 1. The van der Waals surface area contributed by atoms with E-state index in [1.54, 1.807) is 12.1 Å². The molecule has 4 heteroatoms. The highest BCUT2D eigenvalue weighted by Crippen LogP contribution is 2.13. The molecule has 2 aromatic rings. The van der Waals surface area contributed by atoms with Gasteiger partial charge < -0.3 is 4.74 Å². The Kier molecular flexibility index (Phi) is 5.94. The van der Waals surface area contributed by atoms with Gasteiger partial charge in [-0.05, 0) is 30.2 Å². The molecule has 1 amide bonds. The summed E-state index contributed by atoms with van der Waals surface area (Å²) in [4.78, 5) is 16.4. The Morgan fingerprint density at radius 1 is 1.00 bits per heavy atom. The lowest BCUT2D eigenvalue weighted by atomic mass is 10.2. The van der Waals surface area contributed by atoms with Gasteiger partial charge in [-0.1, -0.05) is 42.5 Å². The molecule has 0 heterocycles. The molecule has 0 saturated heterocycles. The van der Waals surface area contributed by atoms with Crippen LogP contribution in [0.25, 0.3) is 0 Å². The fourth-order valence-electron chi connectivity index (χ4n) is 1.77. The monoisotopic (exact) mass is 284 g/mol. The number of amides is 1. The van der Waals surface area contributed by atoms with E-state index in [0.29, 0.717) is 31.9 Å². The van der Waals surface area contributed by atoms with Crippen LogP contribution < -0.4 is 5.06 Å². The summed E-state index contributed by atoms with van der Waals surface area (Å²) in [6.45, 7) is 5.04. The Morgan fingerprint density at radius 3 is 2.38 bits per heavy atom. The van der Waals surface area contributed by atoms with Crippen LogP contribution >= 0.6 is 0 Å². The van der Waals surface area contributed by atoms with Gasteiger partial charge >= 0.3 is 0 Å². The Labute approximate surface area is 124 Å². The van der Waals surface area contributed by atoms with Gasteiger partial charge in [0.05, 0.1) is 25.5 Å². The van der Waals surface area contributed by atoms with Gasteiger partial charge in [0.2, 0.25) is 6.41 Å². The molecule has 0 unspecified atom stereocenters. The number of ether oxygens (including phenoxy) is 1. The maximum Gasteiger partial charge on any atom is 0.238 e. The van der Waals surface area contributed by atoms with Crippen LogP contribution in [0.2, 0.25) is 0 Å². The lowest BCUT2D eigenvalue weighted by Crippen LogP contribution is -2.23. The number of nitrogens with zero attached hydrogens (tertiary/aromatic N) is 1. The summed E-state index contributed by atoms with van der Waals surface area (Å²) in [6, 6.07) is 17.1. The van der Waals surface area contributed by atoms with Gasteiger partial charge in [-0.2, -0.15) is 5.06 Å². The summed E-state index contributed by atoms with van der Waals surface area (Å²) < 4.78 is 5.49. The summed E-state index contributed by atoms with van der Waals surface area (Å²) in [6.07, 6.45) is 0.634. The minimum Gasteiger partial charge on any atom is -0.374 e. The van der Waals surface area contributed by atoms with Crippen molar-refractivity contribution in [2.24, 2.45) is 0 Å². The second-order valence-electron chi connectivity index (χ2n) is 4.47. The molecular weight excluding hydrogens is 266 g/mol. The molecule has 4 nitrogen and oxygen atoms in total. The van der Waals surface area contributed by atoms with E-state index in [0.717, 1.165) is 11.1 Å². The molecule has 109 valence electrons. The van der Waals surface area contributed by atoms with Crippen molar-refractivity contribution >= 4 is 12.1 Å². The Hall–Kier alpha value is -2.17. The first-order valence-corrected chi connectivity index (χ1v) is 6.71. The van der Waals surface area contributed by atoms with Gasteiger partial charge in [0.25, 0.3) is 0 Å². The van der Waals surface area contributed by atoms with E-state index < -0.39 is 0 Å². The topological polar surface area (TPSA) is 38.8 Å². The van der Waals surface area contributed by atoms with Crippen molar-refractivity contribution in [3.63, 3.8) is 0 Å². The van der Waals surface area contributed by atoms with E-state index in [9.17, 15) is 4.79 Å². The van der Waals surface area contributed by atoms with Gasteiger partial charge in [0, 0.05) is 0 Å². The van der Waals surface area contributed by atoms with E-state index in [4.69, 9.17) is 9.57 Å². The highest BCUT2D eigenvalue weighted by Gasteiger charge is 2.05. The van der Waals surface area contributed by atoms with Crippen LogP contribution in [0.4, 0.5) is 5.69 Å². The second kappa shape index (κ2) is 8.19. The molecule has 0 N–H and O–H groups in total. The lowest BCUT2D eigenvalue weighted by molar-refractivity contribution is -0.114. The van der Waals surface area contributed by atoms with Crippen LogP contribution in [0, 0.1) is 6.92 Å². The number of benzene rings is 2. The summed E-state index contributed by atoms with van der Waals surface area (Å²) in [5.74, 6) is 0. The number of carbonyl (C=O) groups is 1. The van der Waals surface area contributed by atoms with Crippen molar-refractivity contribution in [1.82, 2.24) is 0 Å². The quantitative estimate of drug-likeness (QED) is 0.425. The zero-order valence-electron chi connectivity index (χ0n) is 11.8. The van der Waals surface area contributed by atoms with Crippen molar-refractivity contribution in [3.05, 3.63) is 72.6 Å². The molecule has 21 heavy (non-hydrogen) atoms. The fraction of sp³-hybridized carbons (Fsp3) is 0.176. The van der Waals surface area contributed by atoms with E-state index in [1.165, 1.54) is 5.06 Å². The van der Waals surface area contributed by atoms with Crippen LogP contribution in [0.5, 0.6) is 0 Å². The summed E-state index contributed by atoms with van der Waals surface area (Å²) in [5, 5.41) is 1.19. The zero-order valence-corrected chi connectivity index (χ0v) is 11.8. The van der Waals surface area contributed by atoms with Crippen molar-refractivity contribution in [1.29, 1.82) is 0 Å². The maximum absolute atomic E-state index is 11.0. The summed E-state index contributed by atoms with van der Waals surface area (Å²) in [5.41, 5.74) is 2.66. The molecule has 0 saturated carbocycles. The molecule has 0 fully saturated rings. The van der Waals surface area contributed by atoms with E-state index in [2.05, 4.69) is 6.92 Å². The third-order valence-electron chi connectivity index (χ3n) is 2.86. The largest absolute Gasteiger partial charge is 0.374 e. The number of rotatable bonds is 8. The van der Waals surface area contributed by atoms with E-state index >= 15 is 0 Å². The first-order chi connectivity index (χ1) is 10.3. The number of anilines is 1. The molecule has 0 bridgehead atoms.